The van der Waals surface area contributed by atoms with Crippen molar-refractivity contribution in [2.24, 2.45) is 0 Å². The molecule has 2 aromatic rings. The number of halogens is 1. The van der Waals surface area contributed by atoms with E-state index >= 15 is 0 Å². The van der Waals surface area contributed by atoms with Gasteiger partial charge in [-0.2, -0.15) is 0 Å². The number of ether oxygens (including phenoxy) is 1. The molecule has 0 bridgehead atoms. The van der Waals surface area contributed by atoms with Crippen LogP contribution in [0.15, 0.2) is 34.7 Å². The molecule has 0 aliphatic carbocycles. The highest BCUT2D eigenvalue weighted by atomic mass is 35.5. The van der Waals surface area contributed by atoms with Crippen LogP contribution in [0.3, 0.4) is 0 Å². The van der Waals surface area contributed by atoms with Gasteiger partial charge in [0.15, 0.2) is 5.22 Å². The molecule has 0 saturated heterocycles. The second kappa shape index (κ2) is 6.12. The highest BCUT2D eigenvalue weighted by Gasteiger charge is 2.23. The van der Waals surface area contributed by atoms with Crippen LogP contribution in [0.5, 0.6) is 5.75 Å². The van der Waals surface area contributed by atoms with Gasteiger partial charge < -0.3 is 14.5 Å². The summed E-state index contributed by atoms with van der Waals surface area (Å²) in [5.74, 6) is 1.85. The second-order valence-corrected chi connectivity index (χ2v) is 5.90. The van der Waals surface area contributed by atoms with Gasteiger partial charge in [-0.15, -0.1) is 0 Å². The minimum Gasteiger partial charge on any atom is -0.490 e. The van der Waals surface area contributed by atoms with E-state index in [1.54, 1.807) is 6.07 Å². The Balaban J connectivity index is 1.91. The maximum Gasteiger partial charge on any atom is 0.193 e. The summed E-state index contributed by atoms with van der Waals surface area (Å²) in [4.78, 5) is 0. The molecular formula is C17H20ClNO2. The van der Waals surface area contributed by atoms with E-state index in [1.165, 1.54) is 11.1 Å². The summed E-state index contributed by atoms with van der Waals surface area (Å²) < 4.78 is 11.4. The van der Waals surface area contributed by atoms with Crippen LogP contribution in [-0.2, 0) is 6.42 Å². The smallest absolute Gasteiger partial charge is 0.193 e. The van der Waals surface area contributed by atoms with Gasteiger partial charge in [0.05, 0.1) is 6.04 Å². The number of hydrogen-bond acceptors (Lipinski definition) is 3. The second-order valence-electron chi connectivity index (χ2n) is 5.53. The van der Waals surface area contributed by atoms with Crippen LogP contribution in [0, 0.1) is 0 Å². The average molecular weight is 306 g/mol. The first-order valence-corrected chi connectivity index (χ1v) is 7.83. The Bertz CT molecular complexity index is 623. The summed E-state index contributed by atoms with van der Waals surface area (Å²) in [7, 11) is 0. The first kappa shape index (κ1) is 14.5. The highest BCUT2D eigenvalue weighted by Crippen LogP contribution is 2.33. The van der Waals surface area contributed by atoms with Gasteiger partial charge in [0.2, 0.25) is 0 Å². The van der Waals surface area contributed by atoms with Crippen molar-refractivity contribution in [3.05, 3.63) is 52.4 Å². The predicted molar refractivity (Wildman–Crippen MR) is 84.1 cm³/mol. The SMILES string of the molecule is CCCNC(c1ccc2c(c1)CC(C)O2)c1ccc(Cl)o1. The molecule has 1 aliphatic heterocycles. The van der Waals surface area contributed by atoms with Gasteiger partial charge in [0.1, 0.15) is 17.6 Å². The zero-order valence-corrected chi connectivity index (χ0v) is 13.1. The Kier molecular flexibility index (Phi) is 4.22. The third kappa shape index (κ3) is 3.09. The molecule has 0 fully saturated rings. The molecule has 1 N–H and O–H groups in total. The van der Waals surface area contributed by atoms with Crippen LogP contribution in [0.4, 0.5) is 0 Å². The van der Waals surface area contributed by atoms with Gasteiger partial charge in [-0.3, -0.25) is 0 Å². The predicted octanol–water partition coefficient (Wildman–Crippen LogP) is 4.35. The first-order chi connectivity index (χ1) is 10.2. The van der Waals surface area contributed by atoms with Gasteiger partial charge >= 0.3 is 0 Å². The fraction of sp³-hybridized carbons (Fsp3) is 0.412. The Labute approximate surface area is 130 Å². The third-order valence-corrected chi connectivity index (χ3v) is 3.93. The van der Waals surface area contributed by atoms with Crippen molar-refractivity contribution in [3.8, 4) is 5.75 Å². The number of fused-ring (bicyclic) bond motifs is 1. The Morgan fingerprint density at radius 1 is 1.33 bits per heavy atom. The normalized spacial score (nSPS) is 18.3. The van der Waals surface area contributed by atoms with Crippen LogP contribution < -0.4 is 10.1 Å². The van der Waals surface area contributed by atoms with Crippen molar-refractivity contribution in [3.63, 3.8) is 0 Å². The number of rotatable bonds is 5. The number of furan rings is 1. The largest absolute Gasteiger partial charge is 0.490 e. The Morgan fingerprint density at radius 2 is 2.19 bits per heavy atom. The molecule has 0 saturated carbocycles. The van der Waals surface area contributed by atoms with Crippen LogP contribution in [-0.4, -0.2) is 12.6 Å². The van der Waals surface area contributed by atoms with Gasteiger partial charge in [-0.1, -0.05) is 13.0 Å². The molecule has 4 heteroatoms. The summed E-state index contributed by atoms with van der Waals surface area (Å²) in [6.45, 7) is 5.17. The lowest BCUT2D eigenvalue weighted by Crippen LogP contribution is -2.22. The first-order valence-electron chi connectivity index (χ1n) is 7.45. The van der Waals surface area contributed by atoms with E-state index in [0.29, 0.717) is 5.22 Å². The molecule has 2 atom stereocenters. The molecular weight excluding hydrogens is 286 g/mol. The molecule has 2 unspecified atom stereocenters. The zero-order chi connectivity index (χ0) is 14.8. The summed E-state index contributed by atoms with van der Waals surface area (Å²) in [6.07, 6.45) is 2.29. The van der Waals surface area contributed by atoms with E-state index in [1.807, 2.05) is 6.07 Å². The maximum absolute atomic E-state index is 5.92. The molecule has 1 aromatic carbocycles. The van der Waals surface area contributed by atoms with E-state index < -0.39 is 0 Å². The topological polar surface area (TPSA) is 34.4 Å². The summed E-state index contributed by atoms with van der Waals surface area (Å²) >= 11 is 5.92. The van der Waals surface area contributed by atoms with Gasteiger partial charge in [0.25, 0.3) is 0 Å². The Hall–Kier alpha value is -1.45. The van der Waals surface area contributed by atoms with Crippen molar-refractivity contribution in [2.45, 2.75) is 38.8 Å². The van der Waals surface area contributed by atoms with Crippen molar-refractivity contribution < 1.29 is 9.15 Å². The summed E-state index contributed by atoms with van der Waals surface area (Å²) in [6, 6.07) is 10.1. The molecule has 3 nitrogen and oxygen atoms in total. The van der Waals surface area contributed by atoms with Crippen LogP contribution >= 0.6 is 11.6 Å². The van der Waals surface area contributed by atoms with E-state index in [4.69, 9.17) is 20.8 Å². The molecule has 3 rings (SSSR count). The Morgan fingerprint density at radius 3 is 2.90 bits per heavy atom. The lowest BCUT2D eigenvalue weighted by atomic mass is 10.00. The van der Waals surface area contributed by atoms with E-state index in [0.717, 1.165) is 30.9 Å². The molecule has 112 valence electrons. The summed E-state index contributed by atoms with van der Waals surface area (Å²) in [5.41, 5.74) is 2.45. The fourth-order valence-electron chi connectivity index (χ4n) is 2.78. The van der Waals surface area contributed by atoms with Gasteiger partial charge in [0, 0.05) is 6.42 Å². The van der Waals surface area contributed by atoms with Gasteiger partial charge in [-0.05, 0) is 66.9 Å². The molecule has 1 aromatic heterocycles. The zero-order valence-electron chi connectivity index (χ0n) is 12.4. The monoisotopic (exact) mass is 305 g/mol. The maximum atomic E-state index is 5.92. The molecule has 0 amide bonds. The summed E-state index contributed by atoms with van der Waals surface area (Å²) in [5, 5.41) is 3.95. The highest BCUT2D eigenvalue weighted by molar-refractivity contribution is 6.28. The standard InChI is InChI=1S/C17H20ClNO2/c1-3-8-19-17(15-6-7-16(18)21-15)12-4-5-14-13(10-12)9-11(2)20-14/h4-7,10-11,17,19H,3,8-9H2,1-2H3. The minimum atomic E-state index is 0.0265. The average Bonchev–Trinajstić information content (AvgIpc) is 3.04. The molecule has 0 spiro atoms. The van der Waals surface area contributed by atoms with E-state index in [2.05, 4.69) is 37.4 Å². The van der Waals surface area contributed by atoms with Gasteiger partial charge in [-0.25, -0.2) is 0 Å². The molecule has 2 heterocycles. The molecule has 0 radical (unpaired) electrons. The van der Waals surface area contributed by atoms with Crippen molar-refractivity contribution >= 4 is 11.6 Å². The van der Waals surface area contributed by atoms with Crippen LogP contribution in [0.1, 0.15) is 43.2 Å². The van der Waals surface area contributed by atoms with Crippen molar-refractivity contribution in [2.75, 3.05) is 6.54 Å². The quantitative estimate of drug-likeness (QED) is 0.892. The third-order valence-electron chi connectivity index (χ3n) is 3.73. The lowest BCUT2D eigenvalue weighted by Gasteiger charge is -2.17. The molecule has 1 aliphatic rings. The van der Waals surface area contributed by atoms with E-state index in [-0.39, 0.29) is 12.1 Å². The lowest BCUT2D eigenvalue weighted by molar-refractivity contribution is 0.254. The molecule has 21 heavy (non-hydrogen) atoms. The fourth-order valence-corrected chi connectivity index (χ4v) is 2.93. The number of hydrogen-bond donors (Lipinski definition) is 1. The van der Waals surface area contributed by atoms with Crippen molar-refractivity contribution in [1.29, 1.82) is 0 Å². The van der Waals surface area contributed by atoms with E-state index in [9.17, 15) is 0 Å². The van der Waals surface area contributed by atoms with Crippen LogP contribution in [0.25, 0.3) is 0 Å². The number of nitrogens with one attached hydrogen (secondary N) is 1. The minimum absolute atomic E-state index is 0.0265. The van der Waals surface area contributed by atoms with Crippen molar-refractivity contribution in [1.82, 2.24) is 5.32 Å². The van der Waals surface area contributed by atoms with Crippen LogP contribution in [0.2, 0.25) is 5.22 Å². The number of benzene rings is 1.